The molecule has 2 rings (SSSR count). The van der Waals surface area contributed by atoms with Gasteiger partial charge in [-0.25, -0.2) is 8.42 Å². The highest BCUT2D eigenvalue weighted by molar-refractivity contribution is 7.92. The van der Waals surface area contributed by atoms with E-state index < -0.39 is 10.0 Å². The first-order chi connectivity index (χ1) is 12.3. The molecule has 26 heavy (non-hydrogen) atoms. The van der Waals surface area contributed by atoms with E-state index in [1.807, 2.05) is 0 Å². The summed E-state index contributed by atoms with van der Waals surface area (Å²) in [6.45, 7) is 1.64. The van der Waals surface area contributed by atoms with E-state index >= 15 is 0 Å². The van der Waals surface area contributed by atoms with Crippen LogP contribution < -0.4 is 20.3 Å². The number of hydrogen-bond acceptors (Lipinski definition) is 3. The Hall–Kier alpha value is -1.87. The molecule has 0 aromatic heterocycles. The quantitative estimate of drug-likeness (QED) is 0.518. The molecule has 0 aliphatic heterocycles. The average Bonchev–Trinajstić information content (AvgIpc) is 2.57. The number of likely N-dealkylation sites (N-methyl/N-ethyl adjacent to an activating group) is 1. The number of anilines is 2. The van der Waals surface area contributed by atoms with Crippen molar-refractivity contribution in [2.24, 2.45) is 0 Å². The molecule has 0 bridgehead atoms. The Balaban J connectivity index is 2.08. The highest BCUT2D eigenvalue weighted by Crippen LogP contribution is 2.24. The standard InChI is InChI=1S/C17H21ClN4O2S2/c1-22(2)11-10-19-17(25)20-13-6-5-7-14(12-13)26(23,24)21-16-9-4-3-8-15(16)18/h3-9,12,21H,10-11H2,1-2H3,(H2,19,20,25)/p+1. The zero-order valence-corrected chi connectivity index (χ0v) is 16.9. The van der Waals surface area contributed by atoms with E-state index in [1.165, 1.54) is 17.0 Å². The Morgan fingerprint density at radius 2 is 1.88 bits per heavy atom. The van der Waals surface area contributed by atoms with E-state index in [0.717, 1.165) is 13.1 Å². The molecule has 0 amide bonds. The van der Waals surface area contributed by atoms with Gasteiger partial charge in [-0.05, 0) is 42.5 Å². The zero-order chi connectivity index (χ0) is 19.2. The second-order valence-electron chi connectivity index (χ2n) is 5.95. The number of thiocarbonyl (C=S) groups is 1. The maximum Gasteiger partial charge on any atom is 0.262 e. The maximum atomic E-state index is 12.6. The second kappa shape index (κ2) is 9.18. The van der Waals surface area contributed by atoms with Gasteiger partial charge in [0, 0.05) is 5.69 Å². The number of benzene rings is 2. The Morgan fingerprint density at radius 3 is 2.58 bits per heavy atom. The number of para-hydroxylation sites is 1. The fraction of sp³-hybridized carbons (Fsp3) is 0.235. The average molecular weight is 414 g/mol. The summed E-state index contributed by atoms with van der Waals surface area (Å²) in [6, 6.07) is 13.1. The van der Waals surface area contributed by atoms with Crippen molar-refractivity contribution in [1.82, 2.24) is 5.32 Å². The number of hydrogen-bond donors (Lipinski definition) is 4. The normalized spacial score (nSPS) is 11.2. The highest BCUT2D eigenvalue weighted by atomic mass is 35.5. The van der Waals surface area contributed by atoms with E-state index in [-0.39, 0.29) is 4.90 Å². The van der Waals surface area contributed by atoms with Crippen molar-refractivity contribution in [2.45, 2.75) is 4.90 Å². The maximum absolute atomic E-state index is 12.6. The lowest BCUT2D eigenvalue weighted by Crippen LogP contribution is -3.06. The van der Waals surface area contributed by atoms with Gasteiger partial charge in [-0.2, -0.15) is 0 Å². The van der Waals surface area contributed by atoms with Crippen LogP contribution in [0.4, 0.5) is 11.4 Å². The van der Waals surface area contributed by atoms with Gasteiger partial charge in [0.05, 0.1) is 42.8 Å². The molecule has 0 saturated heterocycles. The van der Waals surface area contributed by atoms with Crippen LogP contribution in [0.1, 0.15) is 0 Å². The molecule has 0 fully saturated rings. The highest BCUT2D eigenvalue weighted by Gasteiger charge is 2.16. The Labute approximate surface area is 164 Å². The van der Waals surface area contributed by atoms with Crippen LogP contribution in [0.15, 0.2) is 53.4 Å². The van der Waals surface area contributed by atoms with Crippen molar-refractivity contribution in [3.05, 3.63) is 53.6 Å². The summed E-state index contributed by atoms with van der Waals surface area (Å²) >= 11 is 11.3. The van der Waals surface area contributed by atoms with Crippen LogP contribution in [-0.4, -0.2) is 40.7 Å². The van der Waals surface area contributed by atoms with E-state index in [4.69, 9.17) is 23.8 Å². The van der Waals surface area contributed by atoms with Crippen LogP contribution in [0.3, 0.4) is 0 Å². The second-order valence-corrected chi connectivity index (χ2v) is 8.45. The number of halogens is 1. The van der Waals surface area contributed by atoms with Gasteiger partial charge in [0.2, 0.25) is 0 Å². The number of rotatable bonds is 7. The van der Waals surface area contributed by atoms with Crippen LogP contribution in [0.5, 0.6) is 0 Å². The summed E-state index contributed by atoms with van der Waals surface area (Å²) in [5.74, 6) is 0. The van der Waals surface area contributed by atoms with Crippen molar-refractivity contribution in [3.63, 3.8) is 0 Å². The minimum atomic E-state index is -3.76. The molecule has 0 atom stereocenters. The lowest BCUT2D eigenvalue weighted by molar-refractivity contribution is -0.856. The van der Waals surface area contributed by atoms with Crippen molar-refractivity contribution in [1.29, 1.82) is 0 Å². The van der Waals surface area contributed by atoms with Gasteiger partial charge in [-0.15, -0.1) is 0 Å². The number of nitrogens with one attached hydrogen (secondary N) is 4. The molecule has 0 aliphatic carbocycles. The topological polar surface area (TPSA) is 74.7 Å². The third-order valence-corrected chi connectivity index (χ3v) is 5.37. The summed E-state index contributed by atoms with van der Waals surface area (Å²) in [5, 5.41) is 6.86. The summed E-state index contributed by atoms with van der Waals surface area (Å²) in [7, 11) is 0.344. The number of sulfonamides is 1. The molecule has 9 heteroatoms. The van der Waals surface area contributed by atoms with E-state index in [1.54, 1.807) is 36.4 Å². The van der Waals surface area contributed by atoms with Gasteiger partial charge < -0.3 is 15.5 Å². The summed E-state index contributed by atoms with van der Waals surface area (Å²) < 4.78 is 27.7. The molecule has 0 radical (unpaired) electrons. The summed E-state index contributed by atoms with van der Waals surface area (Å²) in [4.78, 5) is 1.42. The zero-order valence-electron chi connectivity index (χ0n) is 14.5. The van der Waals surface area contributed by atoms with Crippen molar-refractivity contribution in [2.75, 3.05) is 37.2 Å². The van der Waals surface area contributed by atoms with Crippen molar-refractivity contribution >= 4 is 50.3 Å². The summed E-state index contributed by atoms with van der Waals surface area (Å²) in [5.41, 5.74) is 0.914. The predicted molar refractivity (Wildman–Crippen MR) is 111 cm³/mol. The molecule has 0 unspecified atom stereocenters. The minimum Gasteiger partial charge on any atom is -0.357 e. The molecule has 0 spiro atoms. The third kappa shape index (κ3) is 6.14. The molecule has 2 aromatic rings. The largest absolute Gasteiger partial charge is 0.357 e. The molecule has 6 nitrogen and oxygen atoms in total. The van der Waals surface area contributed by atoms with Gasteiger partial charge in [0.25, 0.3) is 10.0 Å². The Morgan fingerprint density at radius 1 is 1.15 bits per heavy atom. The van der Waals surface area contributed by atoms with Gasteiger partial charge in [-0.3, -0.25) is 4.72 Å². The van der Waals surface area contributed by atoms with E-state index in [2.05, 4.69) is 29.5 Å². The minimum absolute atomic E-state index is 0.114. The van der Waals surface area contributed by atoms with Crippen molar-refractivity contribution in [3.8, 4) is 0 Å². The van der Waals surface area contributed by atoms with Crippen LogP contribution in [-0.2, 0) is 10.0 Å². The Kier molecular flexibility index (Phi) is 7.22. The van der Waals surface area contributed by atoms with Gasteiger partial charge in [-0.1, -0.05) is 29.8 Å². The third-order valence-electron chi connectivity index (χ3n) is 3.43. The van der Waals surface area contributed by atoms with Gasteiger partial charge in [0.1, 0.15) is 0 Å². The number of quaternary nitrogens is 1. The SMILES string of the molecule is C[NH+](C)CCNC(=S)Nc1cccc(S(=O)(=O)Nc2ccccc2Cl)c1. The first-order valence-electron chi connectivity index (χ1n) is 7.99. The van der Waals surface area contributed by atoms with Gasteiger partial charge >= 0.3 is 0 Å². The monoisotopic (exact) mass is 413 g/mol. The fourth-order valence-corrected chi connectivity index (χ4v) is 3.67. The van der Waals surface area contributed by atoms with Crippen LogP contribution in [0.25, 0.3) is 0 Å². The van der Waals surface area contributed by atoms with E-state index in [0.29, 0.717) is 21.5 Å². The lowest BCUT2D eigenvalue weighted by Gasteiger charge is -2.13. The lowest BCUT2D eigenvalue weighted by atomic mass is 10.3. The molecule has 4 N–H and O–H groups in total. The van der Waals surface area contributed by atoms with Crippen LogP contribution in [0, 0.1) is 0 Å². The molecule has 2 aromatic carbocycles. The molecule has 0 heterocycles. The Bertz CT molecular complexity index is 873. The van der Waals surface area contributed by atoms with Gasteiger partial charge in [0.15, 0.2) is 5.11 Å². The molecule has 0 aliphatic rings. The van der Waals surface area contributed by atoms with Crippen molar-refractivity contribution < 1.29 is 13.3 Å². The molecule has 0 saturated carbocycles. The summed E-state index contributed by atoms with van der Waals surface area (Å²) in [6.07, 6.45) is 0. The van der Waals surface area contributed by atoms with E-state index in [9.17, 15) is 8.42 Å². The predicted octanol–water partition coefficient (Wildman–Crippen LogP) is 1.57. The molecular weight excluding hydrogens is 392 g/mol. The van der Waals surface area contributed by atoms with Crippen LogP contribution in [0.2, 0.25) is 5.02 Å². The van der Waals surface area contributed by atoms with Crippen LogP contribution >= 0.6 is 23.8 Å². The fourth-order valence-electron chi connectivity index (χ4n) is 2.09. The smallest absolute Gasteiger partial charge is 0.262 e. The first kappa shape index (κ1) is 20.4. The molecular formula is C17H22ClN4O2S2+. The molecule has 140 valence electrons. The first-order valence-corrected chi connectivity index (χ1v) is 10.3.